The highest BCUT2D eigenvalue weighted by molar-refractivity contribution is 6.11. The van der Waals surface area contributed by atoms with Crippen LogP contribution in [0.1, 0.15) is 0 Å². The van der Waals surface area contributed by atoms with Gasteiger partial charge >= 0.3 is 0 Å². The molecule has 3 heterocycles. The van der Waals surface area contributed by atoms with Crippen LogP contribution in [-0.4, -0.2) is 19.9 Å². The molecule has 0 N–H and O–H groups in total. The normalized spacial score (nSPS) is 11.4. The number of rotatable bonds is 5. The third-order valence-electron chi connectivity index (χ3n) is 8.64. The molecule has 6 aromatic carbocycles. The first-order chi connectivity index (χ1) is 23.3. The number of furan rings is 1. The van der Waals surface area contributed by atoms with Gasteiger partial charge in [-0.05, 0) is 45.2 Å². The highest BCUT2D eigenvalue weighted by Gasteiger charge is 2.18. The molecule has 0 atom stereocenters. The summed E-state index contributed by atoms with van der Waals surface area (Å²) >= 11 is 0. The Hall–Kier alpha value is -6.46. The van der Waals surface area contributed by atoms with E-state index in [1.165, 1.54) is 11.1 Å². The van der Waals surface area contributed by atoms with Crippen molar-refractivity contribution < 1.29 is 4.42 Å². The fraction of sp³-hybridized carbons (Fsp3) is 0. The summed E-state index contributed by atoms with van der Waals surface area (Å²) in [6, 6.07) is 50.1. The molecule has 220 valence electrons. The van der Waals surface area contributed by atoms with E-state index in [0.29, 0.717) is 23.1 Å². The van der Waals surface area contributed by atoms with E-state index >= 15 is 0 Å². The molecule has 0 saturated heterocycles. The molecular weight excluding hydrogens is 576 g/mol. The number of pyridine rings is 1. The van der Waals surface area contributed by atoms with Gasteiger partial charge in [0, 0.05) is 33.7 Å². The monoisotopic (exact) mass is 602 g/mol. The molecule has 0 unspecified atom stereocenters. The quantitative estimate of drug-likeness (QED) is 0.196. The molecule has 3 aromatic heterocycles. The minimum Gasteiger partial charge on any atom is -0.454 e. The van der Waals surface area contributed by atoms with Gasteiger partial charge in [0.2, 0.25) is 0 Å². The summed E-state index contributed by atoms with van der Waals surface area (Å²) < 4.78 is 6.15. The molecule has 9 rings (SSSR count). The highest BCUT2D eigenvalue weighted by Crippen LogP contribution is 2.36. The Morgan fingerprint density at radius 3 is 1.68 bits per heavy atom. The van der Waals surface area contributed by atoms with Gasteiger partial charge in [-0.3, -0.25) is 4.98 Å². The number of fused-ring (bicyclic) bond motifs is 4. The van der Waals surface area contributed by atoms with Gasteiger partial charge in [-0.25, -0.2) is 15.0 Å². The summed E-state index contributed by atoms with van der Waals surface area (Å²) in [5.74, 6) is 1.73. The van der Waals surface area contributed by atoms with Crippen molar-refractivity contribution in [2.75, 3.05) is 0 Å². The Kier molecular flexibility index (Phi) is 6.39. The molecule has 0 aliphatic rings. The number of benzene rings is 6. The third-order valence-corrected chi connectivity index (χ3v) is 8.64. The Morgan fingerprint density at radius 2 is 0.936 bits per heavy atom. The van der Waals surface area contributed by atoms with E-state index in [1.54, 1.807) is 6.20 Å². The Labute approximate surface area is 270 Å². The van der Waals surface area contributed by atoms with Gasteiger partial charge in [0.1, 0.15) is 5.58 Å². The summed E-state index contributed by atoms with van der Waals surface area (Å²) in [7, 11) is 0. The van der Waals surface area contributed by atoms with Crippen molar-refractivity contribution >= 4 is 32.7 Å². The second-order valence-corrected chi connectivity index (χ2v) is 11.5. The molecule has 5 heteroatoms. The first-order valence-corrected chi connectivity index (χ1v) is 15.5. The molecule has 0 aliphatic carbocycles. The van der Waals surface area contributed by atoms with Crippen LogP contribution in [0.2, 0.25) is 0 Å². The number of nitrogens with zero attached hydrogens (tertiary/aromatic N) is 4. The van der Waals surface area contributed by atoms with E-state index in [-0.39, 0.29) is 0 Å². The van der Waals surface area contributed by atoms with Crippen LogP contribution in [0, 0.1) is 0 Å². The lowest BCUT2D eigenvalue weighted by molar-refractivity contribution is 0.667. The van der Waals surface area contributed by atoms with Crippen LogP contribution in [-0.2, 0) is 0 Å². The van der Waals surface area contributed by atoms with Crippen LogP contribution in [0.3, 0.4) is 0 Å². The summed E-state index contributed by atoms with van der Waals surface area (Å²) in [5, 5.41) is 4.22. The largest absolute Gasteiger partial charge is 0.454 e. The van der Waals surface area contributed by atoms with Crippen molar-refractivity contribution in [3.05, 3.63) is 158 Å². The van der Waals surface area contributed by atoms with Crippen LogP contribution in [0.4, 0.5) is 0 Å². The predicted molar refractivity (Wildman–Crippen MR) is 190 cm³/mol. The number of aromatic nitrogens is 4. The number of hydrogen-bond acceptors (Lipinski definition) is 5. The summed E-state index contributed by atoms with van der Waals surface area (Å²) in [4.78, 5) is 19.6. The van der Waals surface area contributed by atoms with Crippen LogP contribution in [0.25, 0.3) is 89.1 Å². The highest BCUT2D eigenvalue weighted by atomic mass is 16.3. The van der Waals surface area contributed by atoms with Gasteiger partial charge in [-0.1, -0.05) is 133 Å². The van der Waals surface area contributed by atoms with Crippen LogP contribution >= 0.6 is 0 Å². The van der Waals surface area contributed by atoms with E-state index in [2.05, 4.69) is 114 Å². The lowest BCUT2D eigenvalue weighted by Gasteiger charge is -2.10. The standard InChI is InChI=1S/C42H26N4O/c1-2-8-27(9-3-1)29-14-16-30(17-15-29)31-18-21-32(22-19-31)40-44-41(34-23-20-28-10-4-5-11-33(28)24-34)46-42(45-40)36-25-43-26-38-39(36)35-12-6-7-13-37(35)47-38/h1-26H. The molecule has 5 nitrogen and oxygen atoms in total. The van der Waals surface area contributed by atoms with E-state index in [1.807, 2.05) is 42.6 Å². The van der Waals surface area contributed by atoms with Gasteiger partial charge in [0.15, 0.2) is 23.1 Å². The Balaban J connectivity index is 1.16. The Morgan fingerprint density at radius 1 is 0.383 bits per heavy atom. The summed E-state index contributed by atoms with van der Waals surface area (Å²) in [5.41, 5.74) is 8.78. The summed E-state index contributed by atoms with van der Waals surface area (Å²) in [6.45, 7) is 0. The topological polar surface area (TPSA) is 64.7 Å². The van der Waals surface area contributed by atoms with Crippen molar-refractivity contribution in [1.29, 1.82) is 0 Å². The fourth-order valence-corrected chi connectivity index (χ4v) is 6.23. The minimum atomic E-state index is 0.545. The van der Waals surface area contributed by atoms with E-state index in [4.69, 9.17) is 19.4 Å². The van der Waals surface area contributed by atoms with Crippen LogP contribution in [0.15, 0.2) is 162 Å². The van der Waals surface area contributed by atoms with E-state index in [9.17, 15) is 0 Å². The minimum absolute atomic E-state index is 0.545. The van der Waals surface area contributed by atoms with Gasteiger partial charge < -0.3 is 4.42 Å². The SMILES string of the molecule is c1ccc(-c2ccc(-c3ccc(-c4nc(-c5ccc6ccccc6c5)nc(-c5cncc6oc7ccccc7c56)n4)cc3)cc2)cc1. The average molecular weight is 603 g/mol. The van der Waals surface area contributed by atoms with Crippen molar-refractivity contribution in [2.45, 2.75) is 0 Å². The fourth-order valence-electron chi connectivity index (χ4n) is 6.23. The molecular formula is C42H26N4O. The molecule has 0 aliphatic heterocycles. The van der Waals surface area contributed by atoms with Crippen molar-refractivity contribution in [2.24, 2.45) is 0 Å². The van der Waals surface area contributed by atoms with Crippen LogP contribution < -0.4 is 0 Å². The second kappa shape index (κ2) is 11.2. The first-order valence-electron chi connectivity index (χ1n) is 15.5. The van der Waals surface area contributed by atoms with Crippen LogP contribution in [0.5, 0.6) is 0 Å². The molecule has 9 aromatic rings. The zero-order valence-electron chi connectivity index (χ0n) is 25.2. The zero-order chi connectivity index (χ0) is 31.2. The maximum atomic E-state index is 6.15. The molecule has 0 fully saturated rings. The van der Waals surface area contributed by atoms with Gasteiger partial charge in [-0.2, -0.15) is 0 Å². The van der Waals surface area contributed by atoms with Gasteiger partial charge in [0.05, 0.1) is 6.20 Å². The van der Waals surface area contributed by atoms with Gasteiger partial charge in [0.25, 0.3) is 0 Å². The molecule has 0 radical (unpaired) electrons. The predicted octanol–water partition coefficient (Wildman–Crippen LogP) is 10.7. The van der Waals surface area contributed by atoms with Crippen molar-refractivity contribution in [1.82, 2.24) is 19.9 Å². The molecule has 47 heavy (non-hydrogen) atoms. The average Bonchev–Trinajstić information content (AvgIpc) is 3.54. The first kappa shape index (κ1) is 26.9. The number of para-hydroxylation sites is 1. The lowest BCUT2D eigenvalue weighted by atomic mass is 9.99. The molecule has 0 amide bonds. The maximum absolute atomic E-state index is 6.15. The maximum Gasteiger partial charge on any atom is 0.166 e. The second-order valence-electron chi connectivity index (χ2n) is 11.5. The summed E-state index contributed by atoms with van der Waals surface area (Å²) in [6.07, 6.45) is 3.56. The molecule has 0 spiro atoms. The lowest BCUT2D eigenvalue weighted by Crippen LogP contribution is -2.00. The van der Waals surface area contributed by atoms with Crippen molar-refractivity contribution in [3.63, 3.8) is 0 Å². The molecule has 0 saturated carbocycles. The van der Waals surface area contributed by atoms with E-state index < -0.39 is 0 Å². The van der Waals surface area contributed by atoms with E-state index in [0.717, 1.165) is 54.9 Å². The number of hydrogen-bond donors (Lipinski definition) is 0. The van der Waals surface area contributed by atoms with Crippen molar-refractivity contribution in [3.8, 4) is 56.4 Å². The third kappa shape index (κ3) is 4.91. The van der Waals surface area contributed by atoms with Gasteiger partial charge in [-0.15, -0.1) is 0 Å². The smallest absolute Gasteiger partial charge is 0.166 e. The molecule has 0 bridgehead atoms. The Bertz CT molecular complexity index is 2560. The zero-order valence-corrected chi connectivity index (χ0v) is 25.2.